The fraction of sp³-hybridized carbons (Fsp3) is 0.304. The SMILES string of the molecule is CCCCN1C(=O)c2[nH]nc(-c3ccccc3O)c2[C@@H]1c1ccc(OC)c(OC)c1. The first-order valence-electron chi connectivity index (χ1n) is 10.00. The average Bonchev–Trinajstić information content (AvgIpc) is 3.31. The number of nitrogens with one attached hydrogen (secondary N) is 1. The molecule has 7 nitrogen and oxygen atoms in total. The Morgan fingerprint density at radius 2 is 1.90 bits per heavy atom. The van der Waals surface area contributed by atoms with Crippen molar-refractivity contribution >= 4 is 5.91 Å². The maximum Gasteiger partial charge on any atom is 0.273 e. The lowest BCUT2D eigenvalue weighted by molar-refractivity contribution is 0.0741. The molecule has 1 aromatic heterocycles. The molecule has 1 aliphatic heterocycles. The second-order valence-electron chi connectivity index (χ2n) is 7.25. The molecule has 0 saturated heterocycles. The molecule has 0 saturated carbocycles. The zero-order valence-corrected chi connectivity index (χ0v) is 17.3. The van der Waals surface area contributed by atoms with Gasteiger partial charge in [0.25, 0.3) is 5.91 Å². The number of fused-ring (bicyclic) bond motifs is 1. The minimum atomic E-state index is -0.341. The quantitative estimate of drug-likeness (QED) is 0.614. The van der Waals surface area contributed by atoms with Crippen molar-refractivity contribution in [2.45, 2.75) is 25.8 Å². The zero-order valence-electron chi connectivity index (χ0n) is 17.3. The molecular weight excluding hydrogens is 382 g/mol. The molecule has 1 aliphatic rings. The van der Waals surface area contributed by atoms with Gasteiger partial charge in [-0.05, 0) is 36.2 Å². The van der Waals surface area contributed by atoms with Crippen molar-refractivity contribution in [1.82, 2.24) is 15.1 Å². The Labute approximate surface area is 175 Å². The van der Waals surface area contributed by atoms with Crippen LogP contribution in [0.1, 0.15) is 47.4 Å². The molecule has 2 aromatic carbocycles. The number of carbonyl (C=O) groups excluding carboxylic acids is 1. The monoisotopic (exact) mass is 407 g/mol. The van der Waals surface area contributed by atoms with Gasteiger partial charge in [-0.2, -0.15) is 5.10 Å². The summed E-state index contributed by atoms with van der Waals surface area (Å²) >= 11 is 0. The van der Waals surface area contributed by atoms with Crippen LogP contribution in [0.25, 0.3) is 11.3 Å². The Morgan fingerprint density at radius 3 is 2.60 bits per heavy atom. The van der Waals surface area contributed by atoms with E-state index in [0.29, 0.717) is 35.0 Å². The zero-order chi connectivity index (χ0) is 21.3. The Kier molecular flexibility index (Phi) is 5.35. The summed E-state index contributed by atoms with van der Waals surface area (Å²) in [5, 5.41) is 17.7. The van der Waals surface area contributed by atoms with E-state index in [2.05, 4.69) is 17.1 Å². The number of H-pyrrole nitrogens is 1. The van der Waals surface area contributed by atoms with Gasteiger partial charge in [-0.1, -0.05) is 31.5 Å². The molecule has 7 heteroatoms. The predicted molar refractivity (Wildman–Crippen MR) is 113 cm³/mol. The fourth-order valence-electron chi connectivity index (χ4n) is 4.00. The number of nitrogens with zero attached hydrogens (tertiary/aromatic N) is 2. The lowest BCUT2D eigenvalue weighted by atomic mass is 9.95. The number of phenols is 1. The molecule has 0 radical (unpaired) electrons. The van der Waals surface area contributed by atoms with Crippen molar-refractivity contribution in [2.75, 3.05) is 20.8 Å². The molecule has 1 amide bonds. The number of hydrogen-bond donors (Lipinski definition) is 2. The molecule has 0 fully saturated rings. The molecule has 0 spiro atoms. The highest BCUT2D eigenvalue weighted by molar-refractivity contribution is 6.00. The summed E-state index contributed by atoms with van der Waals surface area (Å²) in [6, 6.07) is 12.4. The van der Waals surface area contributed by atoms with Crippen molar-refractivity contribution in [2.24, 2.45) is 0 Å². The summed E-state index contributed by atoms with van der Waals surface area (Å²) in [6.45, 7) is 2.72. The minimum absolute atomic E-state index is 0.0904. The Bertz CT molecular complexity index is 1080. The largest absolute Gasteiger partial charge is 0.507 e. The molecule has 2 heterocycles. The van der Waals surface area contributed by atoms with Gasteiger partial charge in [0.2, 0.25) is 0 Å². The van der Waals surface area contributed by atoms with E-state index in [-0.39, 0.29) is 17.7 Å². The molecule has 1 atom stereocenters. The van der Waals surface area contributed by atoms with Crippen LogP contribution in [0, 0.1) is 0 Å². The number of aromatic amines is 1. The first kappa shape index (κ1) is 19.8. The van der Waals surface area contributed by atoms with Crippen LogP contribution in [0.15, 0.2) is 42.5 Å². The van der Waals surface area contributed by atoms with Crippen molar-refractivity contribution in [3.8, 4) is 28.5 Å². The van der Waals surface area contributed by atoms with Gasteiger partial charge in [-0.15, -0.1) is 0 Å². The van der Waals surface area contributed by atoms with Crippen molar-refractivity contribution in [1.29, 1.82) is 0 Å². The van der Waals surface area contributed by atoms with E-state index in [4.69, 9.17) is 9.47 Å². The van der Waals surface area contributed by atoms with Gasteiger partial charge in [-0.3, -0.25) is 9.89 Å². The third kappa shape index (κ3) is 3.16. The number of rotatable bonds is 7. The number of ether oxygens (including phenoxy) is 2. The van der Waals surface area contributed by atoms with Crippen LogP contribution in [0.4, 0.5) is 0 Å². The van der Waals surface area contributed by atoms with Crippen LogP contribution in [0.5, 0.6) is 17.2 Å². The number of amides is 1. The van der Waals surface area contributed by atoms with Crippen LogP contribution in [0.3, 0.4) is 0 Å². The Hall–Kier alpha value is -3.48. The summed E-state index contributed by atoms with van der Waals surface area (Å²) in [5.74, 6) is 1.25. The Balaban J connectivity index is 1.89. The van der Waals surface area contributed by atoms with Crippen molar-refractivity contribution in [3.63, 3.8) is 0 Å². The molecule has 30 heavy (non-hydrogen) atoms. The van der Waals surface area contributed by atoms with Crippen LogP contribution >= 0.6 is 0 Å². The summed E-state index contributed by atoms with van der Waals surface area (Å²) < 4.78 is 10.9. The van der Waals surface area contributed by atoms with Gasteiger partial charge in [-0.25, -0.2) is 0 Å². The number of para-hydroxylation sites is 1. The lowest BCUT2D eigenvalue weighted by Gasteiger charge is -2.27. The average molecular weight is 407 g/mol. The summed E-state index contributed by atoms with van der Waals surface area (Å²) in [6.07, 6.45) is 1.86. The summed E-state index contributed by atoms with van der Waals surface area (Å²) in [7, 11) is 3.18. The number of phenolic OH excluding ortho intramolecular Hbond substituents is 1. The van der Waals surface area contributed by atoms with Gasteiger partial charge in [0.05, 0.1) is 20.3 Å². The number of unbranched alkanes of at least 4 members (excludes halogenated alkanes) is 1. The van der Waals surface area contributed by atoms with E-state index in [0.717, 1.165) is 24.0 Å². The highest BCUT2D eigenvalue weighted by atomic mass is 16.5. The van der Waals surface area contributed by atoms with Crippen LogP contribution in [-0.2, 0) is 0 Å². The second-order valence-corrected chi connectivity index (χ2v) is 7.25. The summed E-state index contributed by atoms with van der Waals surface area (Å²) in [5.41, 5.74) is 3.30. The first-order valence-corrected chi connectivity index (χ1v) is 10.00. The third-order valence-corrected chi connectivity index (χ3v) is 5.50. The van der Waals surface area contributed by atoms with Crippen LogP contribution < -0.4 is 9.47 Å². The molecule has 4 rings (SSSR count). The van der Waals surface area contributed by atoms with E-state index in [1.165, 1.54) is 0 Å². The van der Waals surface area contributed by atoms with Gasteiger partial charge in [0.15, 0.2) is 11.5 Å². The Morgan fingerprint density at radius 1 is 1.13 bits per heavy atom. The topological polar surface area (TPSA) is 87.7 Å². The number of benzene rings is 2. The number of carbonyl (C=O) groups is 1. The number of aromatic nitrogens is 2. The van der Waals surface area contributed by atoms with Crippen LogP contribution in [-0.4, -0.2) is 46.9 Å². The first-order chi connectivity index (χ1) is 14.6. The van der Waals surface area contributed by atoms with Crippen LogP contribution in [0.2, 0.25) is 0 Å². The smallest absolute Gasteiger partial charge is 0.273 e. The van der Waals surface area contributed by atoms with E-state index >= 15 is 0 Å². The highest BCUT2D eigenvalue weighted by Gasteiger charge is 2.42. The highest BCUT2D eigenvalue weighted by Crippen LogP contribution is 2.45. The molecule has 0 aliphatic carbocycles. The minimum Gasteiger partial charge on any atom is -0.507 e. The van der Waals surface area contributed by atoms with E-state index in [1.807, 2.05) is 29.2 Å². The molecule has 3 aromatic rings. The molecule has 0 bridgehead atoms. The van der Waals surface area contributed by atoms with E-state index < -0.39 is 0 Å². The number of aromatic hydroxyl groups is 1. The molecule has 0 unspecified atom stereocenters. The van der Waals surface area contributed by atoms with Gasteiger partial charge >= 0.3 is 0 Å². The van der Waals surface area contributed by atoms with E-state index in [1.54, 1.807) is 32.4 Å². The maximum absolute atomic E-state index is 13.2. The number of hydrogen-bond acceptors (Lipinski definition) is 5. The van der Waals surface area contributed by atoms with Gasteiger partial charge < -0.3 is 19.5 Å². The molecule has 156 valence electrons. The maximum atomic E-state index is 13.2. The second kappa shape index (κ2) is 8.10. The molecule has 2 N–H and O–H groups in total. The van der Waals surface area contributed by atoms with Crippen molar-refractivity contribution < 1.29 is 19.4 Å². The van der Waals surface area contributed by atoms with Gasteiger partial charge in [0, 0.05) is 17.7 Å². The lowest BCUT2D eigenvalue weighted by Crippen LogP contribution is -2.30. The van der Waals surface area contributed by atoms with Crippen molar-refractivity contribution in [3.05, 3.63) is 59.3 Å². The molecular formula is C23H25N3O4. The normalized spacial score (nSPS) is 15.4. The fourth-order valence-corrected chi connectivity index (χ4v) is 4.00. The standard InChI is InChI=1S/C23H25N3O4/c1-4-5-12-26-22(14-10-11-17(29-2)18(13-14)30-3)19-20(24-25-21(19)23(26)28)15-8-6-7-9-16(15)27/h6-11,13,22,27H,4-5,12H2,1-3H3,(H,24,25)/t22-/m0/s1. The van der Waals surface area contributed by atoms with Gasteiger partial charge in [0.1, 0.15) is 17.1 Å². The predicted octanol–water partition coefficient (Wildman–Crippen LogP) is 4.14. The third-order valence-electron chi connectivity index (χ3n) is 5.50. The summed E-state index contributed by atoms with van der Waals surface area (Å²) in [4.78, 5) is 15.1. The number of methoxy groups -OCH3 is 2. The van der Waals surface area contributed by atoms with E-state index in [9.17, 15) is 9.90 Å².